The summed E-state index contributed by atoms with van der Waals surface area (Å²) in [5.41, 5.74) is -15.0. The molecule has 0 fully saturated rings. The Bertz CT molecular complexity index is 503. The summed E-state index contributed by atoms with van der Waals surface area (Å²) in [7, 11) is 0. The molecule has 14 heteroatoms. The van der Waals surface area contributed by atoms with E-state index in [0.29, 0.717) is 0 Å². The molecule has 0 amide bonds. The van der Waals surface area contributed by atoms with Crippen LogP contribution < -0.4 is 4.98 Å². The van der Waals surface area contributed by atoms with E-state index in [0.717, 1.165) is 0 Å². The molecular weight excluding hydrogens is 401 g/mol. The van der Waals surface area contributed by atoms with Gasteiger partial charge >= 0.3 is 16.5 Å². The van der Waals surface area contributed by atoms with E-state index >= 15 is 0 Å². The number of hydrogen-bond acceptors (Lipinski definition) is 3. The average molecular weight is 401 g/mol. The molecule has 0 aromatic carbocycles. The standard InChI is InChI=1S/C7ClF9NS3/c8-1-2(19-5(9,10)11)4(21-7(15,16)17)18-3(1)20-6(12,13)14/q-1. The van der Waals surface area contributed by atoms with Gasteiger partial charge in [-0.05, 0) is 35.3 Å². The second-order valence-electron chi connectivity index (χ2n) is 3.01. The van der Waals surface area contributed by atoms with Crippen molar-refractivity contribution in [2.45, 2.75) is 31.5 Å². The lowest BCUT2D eigenvalue weighted by atomic mass is 10.6. The predicted octanol–water partition coefficient (Wildman–Crippen LogP) is 6.13. The third-order valence-electron chi connectivity index (χ3n) is 1.43. The molecule has 1 nitrogen and oxygen atoms in total. The molecule has 0 atom stereocenters. The zero-order valence-corrected chi connectivity index (χ0v) is 12.2. The van der Waals surface area contributed by atoms with Crippen LogP contribution in [0.3, 0.4) is 0 Å². The van der Waals surface area contributed by atoms with Gasteiger partial charge in [-0.1, -0.05) is 21.7 Å². The van der Waals surface area contributed by atoms with Crippen molar-refractivity contribution in [3.63, 3.8) is 0 Å². The fourth-order valence-electron chi connectivity index (χ4n) is 0.943. The van der Waals surface area contributed by atoms with Gasteiger partial charge < -0.3 is 4.98 Å². The van der Waals surface area contributed by atoms with Gasteiger partial charge in [0, 0.05) is 9.92 Å². The van der Waals surface area contributed by atoms with E-state index in [9.17, 15) is 39.5 Å². The summed E-state index contributed by atoms with van der Waals surface area (Å²) in [6.07, 6.45) is 0. The van der Waals surface area contributed by atoms with Crippen LogP contribution in [0.1, 0.15) is 0 Å². The summed E-state index contributed by atoms with van der Waals surface area (Å²) >= 11 is 2.17. The molecule has 0 unspecified atom stereocenters. The predicted molar refractivity (Wildman–Crippen MR) is 60.5 cm³/mol. The molecule has 0 radical (unpaired) electrons. The van der Waals surface area contributed by atoms with Gasteiger partial charge in [0.25, 0.3) is 0 Å². The third-order valence-corrected chi connectivity index (χ3v) is 4.42. The summed E-state index contributed by atoms with van der Waals surface area (Å²) < 4.78 is 110. The lowest BCUT2D eigenvalue weighted by Gasteiger charge is -2.14. The van der Waals surface area contributed by atoms with Crippen molar-refractivity contribution in [3.05, 3.63) is 5.02 Å². The van der Waals surface area contributed by atoms with Crippen LogP contribution in [0.15, 0.2) is 14.9 Å². The molecule has 0 saturated heterocycles. The first-order valence-corrected chi connectivity index (χ1v) is 7.14. The van der Waals surface area contributed by atoms with E-state index in [1.165, 1.54) is 0 Å². The largest absolute Gasteiger partial charge is 0.644 e. The summed E-state index contributed by atoms with van der Waals surface area (Å²) in [5.74, 6) is 0. The van der Waals surface area contributed by atoms with E-state index < -0.39 is 71.8 Å². The van der Waals surface area contributed by atoms with Gasteiger partial charge in [0.1, 0.15) is 0 Å². The Labute approximate surface area is 128 Å². The Hall–Kier alpha value is -0.0100. The highest BCUT2D eigenvalue weighted by Gasteiger charge is 2.36. The first kappa shape index (κ1) is 19.0. The highest BCUT2D eigenvalue weighted by Crippen LogP contribution is 2.52. The summed E-state index contributed by atoms with van der Waals surface area (Å²) in [6.45, 7) is 0. The fourth-order valence-corrected chi connectivity index (χ4v) is 3.38. The van der Waals surface area contributed by atoms with Crippen molar-refractivity contribution in [2.75, 3.05) is 0 Å². The van der Waals surface area contributed by atoms with Crippen LogP contribution in [-0.4, -0.2) is 16.5 Å². The molecule has 0 saturated carbocycles. The smallest absolute Gasteiger partial charge is 0.446 e. The van der Waals surface area contributed by atoms with Gasteiger partial charge in [-0.25, -0.2) is 0 Å². The van der Waals surface area contributed by atoms with E-state index in [1.807, 2.05) is 0 Å². The Balaban J connectivity index is 3.23. The van der Waals surface area contributed by atoms with E-state index in [-0.39, 0.29) is 0 Å². The zero-order chi connectivity index (χ0) is 16.6. The van der Waals surface area contributed by atoms with Gasteiger partial charge in [0.15, 0.2) is 0 Å². The highest BCUT2D eigenvalue weighted by atomic mass is 35.5. The van der Waals surface area contributed by atoms with Crippen LogP contribution in [-0.2, 0) is 0 Å². The minimum Gasteiger partial charge on any atom is -0.644 e. The number of alkyl halides is 9. The second kappa shape index (κ2) is 6.24. The SMILES string of the molecule is FC(F)(F)Sc1[n-]c(SC(F)(F)F)c(SC(F)(F)F)c1Cl. The molecule has 0 N–H and O–H groups in total. The van der Waals surface area contributed by atoms with Crippen molar-refractivity contribution in [1.29, 1.82) is 0 Å². The molecule has 0 aliphatic carbocycles. The van der Waals surface area contributed by atoms with Crippen LogP contribution in [0.4, 0.5) is 39.5 Å². The number of halogens is 10. The minimum absolute atomic E-state index is 0.990. The fraction of sp³-hybridized carbons (Fsp3) is 0.429. The molecule has 122 valence electrons. The monoisotopic (exact) mass is 400 g/mol. The normalized spacial score (nSPS) is 13.8. The maximum absolute atomic E-state index is 12.2. The van der Waals surface area contributed by atoms with Gasteiger partial charge in [0.2, 0.25) is 0 Å². The van der Waals surface area contributed by atoms with Crippen LogP contribution in [0, 0.1) is 0 Å². The Morgan fingerprint density at radius 1 is 0.667 bits per heavy atom. The van der Waals surface area contributed by atoms with Crippen molar-refractivity contribution in [3.8, 4) is 0 Å². The third kappa shape index (κ3) is 6.74. The molecule has 0 aliphatic heterocycles. The summed E-state index contributed by atoms with van der Waals surface area (Å²) in [4.78, 5) is 1.69. The van der Waals surface area contributed by atoms with Crippen LogP contribution >= 0.6 is 46.9 Å². The number of hydrogen-bond donors (Lipinski definition) is 0. The number of rotatable bonds is 3. The van der Waals surface area contributed by atoms with Gasteiger partial charge in [0.05, 0.1) is 0 Å². The minimum atomic E-state index is -5.03. The second-order valence-corrected chi connectivity index (χ2v) is 6.57. The highest BCUT2D eigenvalue weighted by molar-refractivity contribution is 8.03. The van der Waals surface area contributed by atoms with Gasteiger partial charge in [-0.2, -0.15) is 39.5 Å². The maximum Gasteiger partial charge on any atom is 0.446 e. The van der Waals surface area contributed by atoms with Crippen LogP contribution in [0.5, 0.6) is 0 Å². The van der Waals surface area contributed by atoms with Crippen LogP contribution in [0.2, 0.25) is 5.02 Å². The summed E-state index contributed by atoms with van der Waals surface area (Å²) in [6, 6.07) is 0. The lowest BCUT2D eigenvalue weighted by molar-refractivity contribution is -0.0347. The van der Waals surface area contributed by atoms with E-state index in [4.69, 9.17) is 11.6 Å². The van der Waals surface area contributed by atoms with Gasteiger partial charge in [-0.15, -0.1) is 0 Å². The molecule has 1 rings (SSSR count). The molecule has 0 bridgehead atoms. The number of nitrogens with zero attached hydrogens (tertiary/aromatic N) is 1. The molecule has 21 heavy (non-hydrogen) atoms. The maximum atomic E-state index is 12.2. The molecular formula is C7ClF9NS3-. The molecule has 0 aliphatic rings. The first-order valence-electron chi connectivity index (χ1n) is 4.31. The molecule has 1 aromatic rings. The Morgan fingerprint density at radius 3 is 1.43 bits per heavy atom. The van der Waals surface area contributed by atoms with E-state index in [1.54, 1.807) is 0 Å². The van der Waals surface area contributed by atoms with Crippen molar-refractivity contribution in [1.82, 2.24) is 4.98 Å². The van der Waals surface area contributed by atoms with E-state index in [2.05, 4.69) is 4.98 Å². The van der Waals surface area contributed by atoms with Crippen molar-refractivity contribution < 1.29 is 39.5 Å². The molecule has 0 spiro atoms. The van der Waals surface area contributed by atoms with Crippen molar-refractivity contribution >= 4 is 46.9 Å². The quantitative estimate of drug-likeness (QED) is 0.447. The topological polar surface area (TPSA) is 14.1 Å². The average Bonchev–Trinajstić information content (AvgIpc) is 2.39. The van der Waals surface area contributed by atoms with Crippen LogP contribution in [0.25, 0.3) is 0 Å². The first-order chi connectivity index (χ1) is 9.18. The Morgan fingerprint density at radius 2 is 1.05 bits per heavy atom. The lowest BCUT2D eigenvalue weighted by Crippen LogP contribution is -2.03. The molecule has 1 aromatic heterocycles. The zero-order valence-electron chi connectivity index (χ0n) is 8.95. The summed E-state index contributed by atoms with van der Waals surface area (Å²) in [5, 5.41) is -3.56. The van der Waals surface area contributed by atoms with Crippen molar-refractivity contribution in [2.24, 2.45) is 0 Å². The Kier molecular flexibility index (Phi) is 5.66. The number of aromatic nitrogens is 1. The number of thioether (sulfide) groups is 3. The molecule has 1 heterocycles. The van der Waals surface area contributed by atoms with Gasteiger partial charge in [-0.3, -0.25) is 0 Å².